The van der Waals surface area contributed by atoms with E-state index in [0.717, 1.165) is 12.1 Å². The van der Waals surface area contributed by atoms with Gasteiger partial charge in [0.2, 0.25) is 10.0 Å². The number of halogens is 3. The van der Waals surface area contributed by atoms with Crippen LogP contribution in [-0.4, -0.2) is 35.7 Å². The minimum absolute atomic E-state index is 0.0558. The second kappa shape index (κ2) is 5.21. The predicted octanol–water partition coefficient (Wildman–Crippen LogP) is 2.31. The van der Waals surface area contributed by atoms with Crippen molar-refractivity contribution in [3.63, 3.8) is 0 Å². The van der Waals surface area contributed by atoms with E-state index in [-0.39, 0.29) is 18.5 Å². The van der Waals surface area contributed by atoms with Gasteiger partial charge in [0, 0.05) is 6.54 Å². The van der Waals surface area contributed by atoms with Crippen LogP contribution in [0.15, 0.2) is 24.3 Å². The molecule has 4 nitrogen and oxygen atoms in total. The first-order valence-corrected chi connectivity index (χ1v) is 8.56. The molecule has 1 aliphatic carbocycles. The Morgan fingerprint density at radius 3 is 2.50 bits per heavy atom. The van der Waals surface area contributed by atoms with E-state index >= 15 is 0 Å². The Bertz CT molecular complexity index is 670. The van der Waals surface area contributed by atoms with Gasteiger partial charge < -0.3 is 5.11 Å². The zero-order valence-electron chi connectivity index (χ0n) is 11.6. The maximum Gasteiger partial charge on any atom is 0.416 e. The minimum Gasteiger partial charge on any atom is -0.392 e. The van der Waals surface area contributed by atoms with E-state index < -0.39 is 39.2 Å². The summed E-state index contributed by atoms with van der Waals surface area (Å²) >= 11 is 0. The summed E-state index contributed by atoms with van der Waals surface area (Å²) in [5, 5.41) is 9.34. The van der Waals surface area contributed by atoms with E-state index in [1.807, 2.05) is 0 Å². The highest BCUT2D eigenvalue weighted by Gasteiger charge is 2.47. The van der Waals surface area contributed by atoms with Crippen LogP contribution >= 0.6 is 0 Å². The normalized spacial score (nSPS) is 27.3. The van der Waals surface area contributed by atoms with E-state index in [9.17, 15) is 26.7 Å². The molecule has 2 fully saturated rings. The van der Waals surface area contributed by atoms with Crippen LogP contribution in [-0.2, 0) is 16.2 Å². The molecule has 1 heterocycles. The molecule has 1 aromatic rings. The molecule has 0 amide bonds. The maximum absolute atomic E-state index is 12.8. The quantitative estimate of drug-likeness (QED) is 0.922. The van der Waals surface area contributed by atoms with E-state index in [0.29, 0.717) is 12.8 Å². The number of hydrogen-bond donors (Lipinski definition) is 1. The summed E-state index contributed by atoms with van der Waals surface area (Å²) in [5.41, 5.74) is -0.536. The zero-order valence-corrected chi connectivity index (χ0v) is 12.4. The van der Waals surface area contributed by atoms with Gasteiger partial charge in [-0.3, -0.25) is 0 Å². The third kappa shape index (κ3) is 2.87. The lowest BCUT2D eigenvalue weighted by molar-refractivity contribution is -0.137. The third-order valence-electron chi connectivity index (χ3n) is 4.10. The van der Waals surface area contributed by atoms with Crippen molar-refractivity contribution < 1.29 is 26.7 Å². The van der Waals surface area contributed by atoms with Gasteiger partial charge in [-0.15, -0.1) is 0 Å². The third-order valence-corrected chi connectivity index (χ3v) is 6.48. The number of alkyl halides is 3. The van der Waals surface area contributed by atoms with Gasteiger partial charge in [-0.1, -0.05) is 12.1 Å². The molecule has 2 aliphatic rings. The van der Waals surface area contributed by atoms with Crippen LogP contribution in [0.4, 0.5) is 13.2 Å². The molecule has 1 saturated carbocycles. The van der Waals surface area contributed by atoms with Gasteiger partial charge in [0.25, 0.3) is 0 Å². The van der Waals surface area contributed by atoms with Crippen LogP contribution in [0.2, 0.25) is 0 Å². The lowest BCUT2D eigenvalue weighted by Gasteiger charge is -2.24. The number of aliphatic hydroxyl groups excluding tert-OH is 1. The summed E-state index contributed by atoms with van der Waals surface area (Å²) in [5.74, 6) is 0. The lowest BCUT2D eigenvalue weighted by atomic mass is 10.0. The van der Waals surface area contributed by atoms with Crippen molar-refractivity contribution in [1.29, 1.82) is 0 Å². The van der Waals surface area contributed by atoms with Crippen LogP contribution < -0.4 is 0 Å². The first-order valence-electron chi connectivity index (χ1n) is 7.05. The molecule has 1 aliphatic heterocycles. The Morgan fingerprint density at radius 1 is 1.23 bits per heavy atom. The summed E-state index contributed by atoms with van der Waals surface area (Å²) in [6.45, 7) is -0.0558. The number of sulfonamides is 1. The van der Waals surface area contributed by atoms with Crippen LogP contribution in [0, 0.1) is 0 Å². The SMILES string of the molecule is O=S(=O)(C1CC1)N1CC(O)CC1c1cccc(C(F)(F)F)c1. The van der Waals surface area contributed by atoms with Gasteiger partial charge >= 0.3 is 6.18 Å². The molecular formula is C14H16F3NO3S. The van der Waals surface area contributed by atoms with Crippen LogP contribution in [0.3, 0.4) is 0 Å². The summed E-state index contributed by atoms with van der Waals surface area (Å²) in [6, 6.07) is 3.94. The molecule has 122 valence electrons. The topological polar surface area (TPSA) is 57.6 Å². The fourth-order valence-corrected chi connectivity index (χ4v) is 4.91. The van der Waals surface area contributed by atoms with Gasteiger partial charge in [0.1, 0.15) is 0 Å². The molecule has 3 rings (SSSR count). The van der Waals surface area contributed by atoms with Gasteiger partial charge in [0.15, 0.2) is 0 Å². The predicted molar refractivity (Wildman–Crippen MR) is 73.5 cm³/mol. The molecule has 1 N–H and O–H groups in total. The Hall–Kier alpha value is -1.12. The van der Waals surface area contributed by atoms with Crippen molar-refractivity contribution >= 4 is 10.0 Å². The number of aliphatic hydroxyl groups is 1. The first-order chi connectivity index (χ1) is 10.2. The molecule has 0 bridgehead atoms. The molecule has 1 saturated heterocycles. The second-order valence-corrected chi connectivity index (χ2v) is 8.01. The molecular weight excluding hydrogens is 319 g/mol. The summed E-state index contributed by atoms with van der Waals surface area (Å²) in [7, 11) is -3.55. The number of nitrogens with zero attached hydrogens (tertiary/aromatic N) is 1. The molecule has 8 heteroatoms. The Labute approximate surface area is 126 Å². The molecule has 2 atom stereocenters. The highest BCUT2D eigenvalue weighted by Crippen LogP contribution is 2.41. The average molecular weight is 335 g/mol. The molecule has 0 spiro atoms. The van der Waals surface area contributed by atoms with Gasteiger partial charge in [-0.05, 0) is 37.0 Å². The summed E-state index contributed by atoms with van der Waals surface area (Å²) in [4.78, 5) is 0. The summed E-state index contributed by atoms with van der Waals surface area (Å²) in [6.07, 6.45) is -4.07. The van der Waals surface area contributed by atoms with Crippen molar-refractivity contribution in [1.82, 2.24) is 4.31 Å². The fraction of sp³-hybridized carbons (Fsp3) is 0.571. The standard InChI is InChI=1S/C14H16F3NO3S/c15-14(16,17)10-3-1-2-9(6-10)13-7-11(19)8-18(13)22(20,21)12-4-5-12/h1-3,6,11-13,19H,4-5,7-8H2. The lowest BCUT2D eigenvalue weighted by Crippen LogP contribution is -2.34. The van der Waals surface area contributed by atoms with Crippen LogP contribution in [0.25, 0.3) is 0 Å². The number of hydrogen-bond acceptors (Lipinski definition) is 3. The van der Waals surface area contributed by atoms with Gasteiger partial charge in [0.05, 0.1) is 23.0 Å². The minimum atomic E-state index is -4.48. The van der Waals surface area contributed by atoms with E-state index in [1.165, 1.54) is 16.4 Å². The maximum atomic E-state index is 12.8. The van der Waals surface area contributed by atoms with E-state index in [1.54, 1.807) is 0 Å². The zero-order chi connectivity index (χ0) is 16.1. The molecule has 22 heavy (non-hydrogen) atoms. The second-order valence-electron chi connectivity index (χ2n) is 5.84. The average Bonchev–Trinajstić information content (AvgIpc) is 3.21. The van der Waals surface area contributed by atoms with Gasteiger partial charge in [-0.25, -0.2) is 8.42 Å². The number of benzene rings is 1. The van der Waals surface area contributed by atoms with Crippen molar-refractivity contribution in [2.24, 2.45) is 0 Å². The van der Waals surface area contributed by atoms with E-state index in [2.05, 4.69) is 0 Å². The van der Waals surface area contributed by atoms with Crippen LogP contribution in [0.1, 0.15) is 36.4 Å². The Balaban J connectivity index is 1.95. The number of rotatable bonds is 3. The Kier molecular flexibility index (Phi) is 3.73. The van der Waals surface area contributed by atoms with Gasteiger partial charge in [-0.2, -0.15) is 17.5 Å². The van der Waals surface area contributed by atoms with Crippen molar-refractivity contribution in [3.8, 4) is 0 Å². The molecule has 1 aromatic carbocycles. The van der Waals surface area contributed by atoms with Crippen LogP contribution in [0.5, 0.6) is 0 Å². The molecule has 0 aromatic heterocycles. The largest absolute Gasteiger partial charge is 0.416 e. The smallest absolute Gasteiger partial charge is 0.392 e. The molecule has 0 radical (unpaired) electrons. The highest BCUT2D eigenvalue weighted by molar-refractivity contribution is 7.90. The highest BCUT2D eigenvalue weighted by atomic mass is 32.2. The first kappa shape index (κ1) is 15.8. The van der Waals surface area contributed by atoms with Crippen molar-refractivity contribution in [2.45, 2.75) is 42.8 Å². The summed E-state index contributed by atoms with van der Waals surface area (Å²) < 4.78 is 64.4. The van der Waals surface area contributed by atoms with Crippen molar-refractivity contribution in [3.05, 3.63) is 35.4 Å². The Morgan fingerprint density at radius 2 is 1.91 bits per heavy atom. The van der Waals surface area contributed by atoms with E-state index in [4.69, 9.17) is 0 Å². The fourth-order valence-electron chi connectivity index (χ4n) is 2.85. The number of β-amino-alcohol motifs (C(OH)–C–C–N with tert-alkyl or cyclic N) is 1. The van der Waals surface area contributed by atoms with Crippen molar-refractivity contribution in [2.75, 3.05) is 6.54 Å². The monoisotopic (exact) mass is 335 g/mol. The molecule has 2 unspecified atom stereocenters.